The van der Waals surface area contributed by atoms with Crippen LogP contribution >= 0.6 is 0 Å². The summed E-state index contributed by atoms with van der Waals surface area (Å²) in [4.78, 5) is 24.6. The van der Waals surface area contributed by atoms with Crippen molar-refractivity contribution in [3.8, 4) is 0 Å². The predicted molar refractivity (Wildman–Crippen MR) is 87.4 cm³/mol. The Hall–Kier alpha value is -1.40. The van der Waals surface area contributed by atoms with E-state index in [1.807, 2.05) is 13.8 Å². The second kappa shape index (κ2) is 4.86. The van der Waals surface area contributed by atoms with Crippen LogP contribution in [0.1, 0.15) is 47.0 Å². The summed E-state index contributed by atoms with van der Waals surface area (Å²) >= 11 is 0. The third-order valence-electron chi connectivity index (χ3n) is 7.04. The van der Waals surface area contributed by atoms with Crippen LogP contribution in [0.4, 0.5) is 0 Å². The van der Waals surface area contributed by atoms with Crippen LogP contribution < -0.4 is 0 Å². The van der Waals surface area contributed by atoms with Crippen LogP contribution in [0.5, 0.6) is 0 Å². The van der Waals surface area contributed by atoms with E-state index in [2.05, 4.69) is 6.58 Å². The highest BCUT2D eigenvalue weighted by Crippen LogP contribution is 2.66. The minimum atomic E-state index is -1.30. The SMILES string of the molecule is C=C1C(=O)OC2C(O)C3(C)CCC3C3(C)CC(OC(=O)C(C)C)C12O3. The Labute approximate surface area is 147 Å². The van der Waals surface area contributed by atoms with Gasteiger partial charge in [-0.3, -0.25) is 4.79 Å². The van der Waals surface area contributed by atoms with Crippen LogP contribution in [-0.4, -0.2) is 46.6 Å². The summed E-state index contributed by atoms with van der Waals surface area (Å²) < 4.78 is 17.8. The summed E-state index contributed by atoms with van der Waals surface area (Å²) in [5, 5.41) is 11.1. The van der Waals surface area contributed by atoms with E-state index in [1.54, 1.807) is 13.8 Å². The zero-order valence-corrected chi connectivity index (χ0v) is 15.2. The van der Waals surface area contributed by atoms with Gasteiger partial charge in [-0.1, -0.05) is 27.4 Å². The number of aliphatic hydroxyl groups is 1. The van der Waals surface area contributed by atoms with E-state index in [1.165, 1.54) is 0 Å². The maximum absolute atomic E-state index is 12.3. The minimum Gasteiger partial charge on any atom is -0.458 e. The molecular weight excluding hydrogens is 324 g/mol. The van der Waals surface area contributed by atoms with Crippen molar-refractivity contribution in [1.82, 2.24) is 0 Å². The van der Waals surface area contributed by atoms with Gasteiger partial charge < -0.3 is 19.3 Å². The fraction of sp³-hybridized carbons (Fsp3) is 0.789. The lowest BCUT2D eigenvalue weighted by atomic mass is 9.50. The maximum Gasteiger partial charge on any atom is 0.337 e. The van der Waals surface area contributed by atoms with E-state index in [9.17, 15) is 14.7 Å². The first-order valence-electron chi connectivity index (χ1n) is 9.05. The summed E-state index contributed by atoms with van der Waals surface area (Å²) in [6.07, 6.45) is -0.198. The monoisotopic (exact) mass is 350 g/mol. The zero-order chi connectivity index (χ0) is 18.4. The highest BCUT2D eigenvalue weighted by molar-refractivity contribution is 5.94. The topological polar surface area (TPSA) is 82.1 Å². The van der Waals surface area contributed by atoms with Crippen molar-refractivity contribution in [2.75, 3.05) is 0 Å². The van der Waals surface area contributed by atoms with Crippen molar-refractivity contribution < 1.29 is 28.9 Å². The quantitative estimate of drug-likeness (QED) is 0.603. The molecule has 7 unspecified atom stereocenters. The van der Waals surface area contributed by atoms with Crippen molar-refractivity contribution in [3.63, 3.8) is 0 Å². The van der Waals surface area contributed by atoms with E-state index in [-0.39, 0.29) is 28.8 Å². The first kappa shape index (κ1) is 17.0. The van der Waals surface area contributed by atoms with Gasteiger partial charge in [0.1, 0.15) is 12.2 Å². The molecular formula is C19H26O6. The lowest BCUT2D eigenvalue weighted by Gasteiger charge is -2.55. The molecule has 6 heteroatoms. The van der Waals surface area contributed by atoms with E-state index < -0.39 is 35.5 Å². The molecule has 0 aromatic rings. The second-order valence-electron chi connectivity index (χ2n) is 8.84. The summed E-state index contributed by atoms with van der Waals surface area (Å²) in [5.41, 5.74) is -2.12. The Morgan fingerprint density at radius 3 is 2.64 bits per heavy atom. The van der Waals surface area contributed by atoms with Crippen molar-refractivity contribution in [1.29, 1.82) is 0 Å². The Balaban J connectivity index is 1.82. The van der Waals surface area contributed by atoms with E-state index in [4.69, 9.17) is 14.2 Å². The molecule has 3 saturated heterocycles. The summed E-state index contributed by atoms with van der Waals surface area (Å²) in [6, 6.07) is 0. The highest BCUT2D eigenvalue weighted by atomic mass is 16.6. The summed E-state index contributed by atoms with van der Waals surface area (Å²) in [7, 11) is 0. The van der Waals surface area contributed by atoms with Gasteiger partial charge in [0.2, 0.25) is 0 Å². The van der Waals surface area contributed by atoms with Crippen LogP contribution in [-0.2, 0) is 23.8 Å². The van der Waals surface area contributed by atoms with Crippen LogP contribution in [0.25, 0.3) is 0 Å². The first-order valence-corrected chi connectivity index (χ1v) is 9.05. The standard InChI is InChI=1S/C19H26O6/c1-9(2)15(21)23-12-8-18(5)11-6-7-17(11,4)13(20)14-19(12,25-18)10(3)16(22)24-14/h9,11-14,20H,3,6-8H2,1-2,4-5H3. The molecule has 25 heavy (non-hydrogen) atoms. The smallest absolute Gasteiger partial charge is 0.337 e. The molecule has 0 aromatic heterocycles. The molecule has 6 nitrogen and oxygen atoms in total. The van der Waals surface area contributed by atoms with Gasteiger partial charge >= 0.3 is 11.9 Å². The molecule has 0 radical (unpaired) electrons. The molecule has 1 N–H and O–H groups in total. The Morgan fingerprint density at radius 2 is 2.08 bits per heavy atom. The molecule has 0 amide bonds. The maximum atomic E-state index is 12.3. The van der Waals surface area contributed by atoms with Gasteiger partial charge in [0.05, 0.1) is 17.1 Å². The van der Waals surface area contributed by atoms with Gasteiger partial charge in [-0.25, -0.2) is 4.79 Å². The third kappa shape index (κ3) is 1.87. The van der Waals surface area contributed by atoms with Gasteiger partial charge in [-0.15, -0.1) is 0 Å². The fourth-order valence-corrected chi connectivity index (χ4v) is 5.48. The number of hydrogen-bond donors (Lipinski definition) is 1. The molecule has 4 fully saturated rings. The molecule has 138 valence electrons. The van der Waals surface area contributed by atoms with Crippen molar-refractivity contribution in [3.05, 3.63) is 12.2 Å². The summed E-state index contributed by atoms with van der Waals surface area (Å²) in [5.74, 6) is -1.11. The lowest BCUT2D eigenvalue weighted by molar-refractivity contribution is -0.181. The number of aliphatic hydroxyl groups excluding tert-OH is 1. The molecule has 7 atom stereocenters. The number of carbonyl (C=O) groups excluding carboxylic acids is 2. The number of fused-ring (bicyclic) bond motifs is 3. The molecule has 1 aliphatic carbocycles. The average molecular weight is 350 g/mol. The van der Waals surface area contributed by atoms with Gasteiger partial charge in [0.15, 0.2) is 11.7 Å². The molecule has 4 rings (SSSR count). The predicted octanol–water partition coefficient (Wildman–Crippen LogP) is 1.74. The van der Waals surface area contributed by atoms with Crippen LogP contribution in [0.3, 0.4) is 0 Å². The average Bonchev–Trinajstić information content (AvgIpc) is 2.92. The van der Waals surface area contributed by atoms with E-state index >= 15 is 0 Å². The first-order chi connectivity index (χ1) is 11.6. The van der Waals surface area contributed by atoms with Gasteiger partial charge in [-0.2, -0.15) is 0 Å². The van der Waals surface area contributed by atoms with E-state index in [0.29, 0.717) is 6.42 Å². The van der Waals surface area contributed by atoms with Crippen molar-refractivity contribution >= 4 is 11.9 Å². The normalized spacial score (nSPS) is 50.6. The van der Waals surface area contributed by atoms with Crippen LogP contribution in [0, 0.1) is 17.3 Å². The molecule has 3 aliphatic heterocycles. The fourth-order valence-electron chi connectivity index (χ4n) is 5.48. The Morgan fingerprint density at radius 1 is 1.40 bits per heavy atom. The van der Waals surface area contributed by atoms with Crippen molar-refractivity contribution in [2.45, 2.75) is 76.5 Å². The Kier molecular flexibility index (Phi) is 3.31. The van der Waals surface area contributed by atoms with Gasteiger partial charge in [-0.05, 0) is 25.7 Å². The van der Waals surface area contributed by atoms with Crippen LogP contribution in [0.2, 0.25) is 0 Å². The van der Waals surface area contributed by atoms with Crippen molar-refractivity contribution in [2.24, 2.45) is 17.3 Å². The number of ether oxygens (including phenoxy) is 3. The van der Waals surface area contributed by atoms with Gasteiger partial charge in [0.25, 0.3) is 0 Å². The highest BCUT2D eigenvalue weighted by Gasteiger charge is 2.77. The van der Waals surface area contributed by atoms with E-state index in [0.717, 1.165) is 12.8 Å². The van der Waals surface area contributed by atoms with Crippen LogP contribution in [0.15, 0.2) is 12.2 Å². The second-order valence-corrected chi connectivity index (χ2v) is 8.84. The molecule has 1 saturated carbocycles. The number of carbonyl (C=O) groups is 2. The summed E-state index contributed by atoms with van der Waals surface area (Å²) in [6.45, 7) is 11.4. The molecule has 4 aliphatic rings. The lowest BCUT2D eigenvalue weighted by Crippen LogP contribution is -2.61. The number of esters is 2. The third-order valence-corrected chi connectivity index (χ3v) is 7.04. The zero-order valence-electron chi connectivity index (χ0n) is 15.2. The molecule has 0 aromatic carbocycles. The Bertz CT molecular complexity index is 671. The largest absolute Gasteiger partial charge is 0.458 e. The molecule has 3 heterocycles. The molecule has 2 bridgehead atoms. The molecule has 1 spiro atoms. The minimum absolute atomic E-state index is 0.117. The number of hydrogen-bond acceptors (Lipinski definition) is 6. The van der Waals surface area contributed by atoms with Gasteiger partial charge in [0, 0.05) is 11.8 Å². The number of rotatable bonds is 2.